The first-order valence-electron chi connectivity index (χ1n) is 10.2. The first kappa shape index (κ1) is 23.5. The van der Waals surface area contributed by atoms with Gasteiger partial charge >= 0.3 is 0 Å². The fraction of sp³-hybridized carbons (Fsp3) is 0.0417. The maximum atomic E-state index is 12.9. The number of amides is 1. The lowest BCUT2D eigenvalue weighted by Crippen LogP contribution is -2.13. The second kappa shape index (κ2) is 9.31. The molecule has 0 saturated heterocycles. The van der Waals surface area contributed by atoms with Crippen LogP contribution >= 0.6 is 0 Å². The van der Waals surface area contributed by atoms with Gasteiger partial charge in [-0.3, -0.25) is 19.6 Å². The number of aryl methyl sites for hydroxylation is 1. The van der Waals surface area contributed by atoms with Crippen molar-refractivity contribution in [2.45, 2.75) is 11.8 Å². The molecular formula is C24H18N4O6S. The van der Waals surface area contributed by atoms with Crippen molar-refractivity contribution in [2.24, 2.45) is 10.2 Å². The Labute approximate surface area is 199 Å². The standard InChI is InChI=1S/C24H18N4O6S/c1-15-6-12-18(13-7-15)35(33,34)27-21-14-22(23(29)20-5-3-2-4-19(20)21)25-26-24(30)16-8-10-17(11-9-16)28(31)32/h2-14,27,29H,1H3. The van der Waals surface area contributed by atoms with Gasteiger partial charge in [-0.15, -0.1) is 10.2 Å². The minimum atomic E-state index is -3.96. The highest BCUT2D eigenvalue weighted by molar-refractivity contribution is 7.92. The Bertz CT molecular complexity index is 1580. The molecule has 0 bridgehead atoms. The van der Waals surface area contributed by atoms with Crippen LogP contribution in [0.15, 0.2) is 94.0 Å². The number of carbonyl (C=O) groups is 1. The van der Waals surface area contributed by atoms with Crippen LogP contribution in [0, 0.1) is 17.0 Å². The molecule has 4 aromatic carbocycles. The van der Waals surface area contributed by atoms with Crippen molar-refractivity contribution in [3.63, 3.8) is 0 Å². The summed E-state index contributed by atoms with van der Waals surface area (Å²) < 4.78 is 28.4. The topological polar surface area (TPSA) is 151 Å². The Morgan fingerprint density at radius 1 is 0.971 bits per heavy atom. The van der Waals surface area contributed by atoms with Crippen molar-refractivity contribution in [1.82, 2.24) is 0 Å². The lowest BCUT2D eigenvalue weighted by molar-refractivity contribution is -0.384. The molecule has 0 aromatic heterocycles. The Hall–Kier alpha value is -4.64. The zero-order valence-corrected chi connectivity index (χ0v) is 19.1. The molecular weight excluding hydrogens is 472 g/mol. The molecule has 0 heterocycles. The van der Waals surface area contributed by atoms with E-state index in [1.807, 2.05) is 6.92 Å². The smallest absolute Gasteiger partial charge is 0.295 e. The summed E-state index contributed by atoms with van der Waals surface area (Å²) >= 11 is 0. The molecule has 4 aromatic rings. The van der Waals surface area contributed by atoms with Crippen molar-refractivity contribution < 1.29 is 23.2 Å². The van der Waals surface area contributed by atoms with Crippen LogP contribution in [0.5, 0.6) is 5.75 Å². The van der Waals surface area contributed by atoms with Gasteiger partial charge in [-0.1, -0.05) is 42.0 Å². The average molecular weight is 490 g/mol. The molecule has 0 aliphatic heterocycles. The van der Waals surface area contributed by atoms with Gasteiger partial charge in [-0.25, -0.2) is 8.42 Å². The molecule has 0 fully saturated rings. The first-order chi connectivity index (χ1) is 16.7. The number of non-ortho nitro benzene ring substituents is 1. The number of nitro benzene ring substituents is 1. The van der Waals surface area contributed by atoms with Gasteiger partial charge in [0.2, 0.25) is 0 Å². The first-order valence-corrected chi connectivity index (χ1v) is 11.7. The molecule has 4 rings (SSSR count). The third-order valence-corrected chi connectivity index (χ3v) is 6.53. The van der Waals surface area contributed by atoms with Crippen molar-refractivity contribution in [2.75, 3.05) is 4.72 Å². The number of benzene rings is 4. The highest BCUT2D eigenvalue weighted by Gasteiger charge is 2.19. The normalized spacial score (nSPS) is 11.6. The number of nitrogens with zero attached hydrogens (tertiary/aromatic N) is 3. The predicted molar refractivity (Wildman–Crippen MR) is 130 cm³/mol. The van der Waals surface area contributed by atoms with E-state index in [-0.39, 0.29) is 33.3 Å². The van der Waals surface area contributed by atoms with Crippen molar-refractivity contribution >= 4 is 43.8 Å². The number of aromatic hydroxyl groups is 1. The van der Waals surface area contributed by atoms with Gasteiger partial charge in [0.15, 0.2) is 5.75 Å². The summed E-state index contributed by atoms with van der Waals surface area (Å²) in [6.45, 7) is 1.84. The Balaban J connectivity index is 1.71. The molecule has 0 radical (unpaired) electrons. The zero-order valence-electron chi connectivity index (χ0n) is 18.2. The number of nitrogens with one attached hydrogen (secondary N) is 1. The molecule has 35 heavy (non-hydrogen) atoms. The minimum absolute atomic E-state index is 0.0526. The molecule has 11 heteroatoms. The number of fused-ring (bicyclic) bond motifs is 1. The number of nitro groups is 1. The second-order valence-electron chi connectivity index (χ2n) is 7.57. The summed E-state index contributed by atoms with van der Waals surface area (Å²) in [7, 11) is -3.96. The van der Waals surface area contributed by atoms with E-state index in [9.17, 15) is 28.4 Å². The van der Waals surface area contributed by atoms with Crippen LogP contribution in [0.3, 0.4) is 0 Å². The Kier molecular flexibility index (Phi) is 6.26. The van der Waals surface area contributed by atoms with E-state index in [1.54, 1.807) is 36.4 Å². The number of hydrogen-bond donors (Lipinski definition) is 2. The van der Waals surface area contributed by atoms with Crippen molar-refractivity contribution in [3.05, 3.63) is 100 Å². The van der Waals surface area contributed by atoms with Gasteiger partial charge in [0, 0.05) is 28.5 Å². The van der Waals surface area contributed by atoms with E-state index in [0.29, 0.717) is 10.8 Å². The average Bonchev–Trinajstić information content (AvgIpc) is 2.85. The monoisotopic (exact) mass is 490 g/mol. The number of azo groups is 1. The molecule has 0 atom stereocenters. The minimum Gasteiger partial charge on any atom is -0.505 e. The van der Waals surface area contributed by atoms with Gasteiger partial charge in [-0.2, -0.15) is 0 Å². The van der Waals surface area contributed by atoms with Crippen LogP contribution in [0.1, 0.15) is 15.9 Å². The predicted octanol–water partition coefficient (Wildman–Crippen LogP) is 5.49. The summed E-state index contributed by atoms with van der Waals surface area (Å²) in [6, 6.07) is 18.9. The summed E-state index contributed by atoms with van der Waals surface area (Å²) in [5.74, 6) is -1.09. The van der Waals surface area contributed by atoms with Crippen LogP contribution in [0.4, 0.5) is 17.1 Å². The van der Waals surface area contributed by atoms with Crippen LogP contribution in [-0.2, 0) is 10.0 Å². The molecule has 10 nitrogen and oxygen atoms in total. The van der Waals surface area contributed by atoms with Crippen LogP contribution < -0.4 is 4.72 Å². The molecule has 0 spiro atoms. The number of hydrogen-bond acceptors (Lipinski definition) is 7. The summed E-state index contributed by atoms with van der Waals surface area (Å²) in [5, 5.41) is 29.6. The lowest BCUT2D eigenvalue weighted by Gasteiger charge is -2.13. The van der Waals surface area contributed by atoms with E-state index < -0.39 is 20.9 Å². The summed E-state index contributed by atoms with van der Waals surface area (Å²) in [4.78, 5) is 22.6. The molecule has 0 aliphatic rings. The number of phenols is 1. The highest BCUT2D eigenvalue weighted by Crippen LogP contribution is 2.40. The number of sulfonamides is 1. The van der Waals surface area contributed by atoms with E-state index in [4.69, 9.17) is 0 Å². The second-order valence-corrected chi connectivity index (χ2v) is 9.25. The molecule has 0 unspecified atom stereocenters. The number of anilines is 1. The van der Waals surface area contributed by atoms with Gasteiger partial charge in [0.25, 0.3) is 21.6 Å². The summed E-state index contributed by atoms with van der Waals surface area (Å²) in [6.07, 6.45) is 0. The Morgan fingerprint density at radius 2 is 1.60 bits per heavy atom. The third-order valence-electron chi connectivity index (χ3n) is 5.15. The molecule has 0 aliphatic carbocycles. The largest absolute Gasteiger partial charge is 0.505 e. The van der Waals surface area contributed by atoms with E-state index in [2.05, 4.69) is 15.0 Å². The lowest BCUT2D eigenvalue weighted by atomic mass is 10.1. The van der Waals surface area contributed by atoms with E-state index >= 15 is 0 Å². The van der Waals surface area contributed by atoms with Gasteiger partial charge < -0.3 is 5.11 Å². The van der Waals surface area contributed by atoms with Crippen LogP contribution in [0.2, 0.25) is 0 Å². The summed E-state index contributed by atoms with van der Waals surface area (Å²) in [5.41, 5.74) is 0.770. The number of phenolic OH excluding ortho intramolecular Hbond substituents is 1. The SMILES string of the molecule is Cc1ccc(S(=O)(=O)Nc2cc(N=NC(=O)c3ccc([N+](=O)[O-])cc3)c(O)c3ccccc23)cc1. The molecule has 2 N–H and O–H groups in total. The maximum absolute atomic E-state index is 12.9. The highest BCUT2D eigenvalue weighted by atomic mass is 32.2. The van der Waals surface area contributed by atoms with Gasteiger partial charge in [0.1, 0.15) is 5.69 Å². The number of rotatable bonds is 6. The third kappa shape index (κ3) is 4.99. The number of carbonyl (C=O) groups excluding carboxylic acids is 1. The molecule has 176 valence electrons. The van der Waals surface area contributed by atoms with Crippen molar-refractivity contribution in [1.29, 1.82) is 0 Å². The zero-order chi connectivity index (χ0) is 25.2. The van der Waals surface area contributed by atoms with Crippen molar-refractivity contribution in [3.8, 4) is 5.75 Å². The fourth-order valence-electron chi connectivity index (χ4n) is 3.31. The van der Waals surface area contributed by atoms with Gasteiger partial charge in [-0.05, 0) is 37.3 Å². The maximum Gasteiger partial charge on any atom is 0.295 e. The fourth-order valence-corrected chi connectivity index (χ4v) is 4.38. The molecule has 1 amide bonds. The van der Waals surface area contributed by atoms with E-state index in [0.717, 1.165) is 17.7 Å². The molecule has 0 saturated carbocycles. The quantitative estimate of drug-likeness (QED) is 0.158. The van der Waals surface area contributed by atoms with E-state index in [1.165, 1.54) is 30.3 Å². The van der Waals surface area contributed by atoms with Gasteiger partial charge in [0.05, 0.1) is 15.5 Å². The Morgan fingerprint density at radius 3 is 2.23 bits per heavy atom. The van der Waals surface area contributed by atoms with Crippen LogP contribution in [-0.4, -0.2) is 24.4 Å². The van der Waals surface area contributed by atoms with Crippen LogP contribution in [0.25, 0.3) is 10.8 Å².